The van der Waals surface area contributed by atoms with Gasteiger partial charge in [-0.1, -0.05) is 43.2 Å². The van der Waals surface area contributed by atoms with Gasteiger partial charge in [0.05, 0.1) is 16.9 Å². The molecule has 0 bridgehead atoms. The van der Waals surface area contributed by atoms with Crippen LogP contribution in [0.15, 0.2) is 30.3 Å². The first kappa shape index (κ1) is 16.0. The lowest BCUT2D eigenvalue weighted by Gasteiger charge is -2.28. The topological polar surface area (TPSA) is 71.4 Å². The van der Waals surface area contributed by atoms with E-state index in [4.69, 9.17) is 0 Å². The summed E-state index contributed by atoms with van der Waals surface area (Å²) in [6.45, 7) is 0. The Morgan fingerprint density at radius 1 is 1.14 bits per heavy atom. The van der Waals surface area contributed by atoms with Crippen LogP contribution in [0.3, 0.4) is 0 Å². The molecule has 1 N–H and O–H groups in total. The van der Waals surface area contributed by atoms with Crippen LogP contribution in [-0.2, 0) is 21.1 Å². The fourth-order valence-electron chi connectivity index (χ4n) is 3.08. The zero-order valence-electron chi connectivity index (χ0n) is 12.1. The van der Waals surface area contributed by atoms with Crippen LogP contribution in [0.5, 0.6) is 0 Å². The van der Waals surface area contributed by atoms with E-state index in [-0.39, 0.29) is 5.75 Å². The number of hydrogen-bond acceptors (Lipinski definition) is 3. The second-order valence-corrected chi connectivity index (χ2v) is 8.06. The Hall–Kier alpha value is -1.36. The summed E-state index contributed by atoms with van der Waals surface area (Å²) in [5.41, 5.74) is 1.12. The summed E-state index contributed by atoms with van der Waals surface area (Å²) in [4.78, 5) is 11.2. The molecular weight excluding hydrogens is 288 g/mol. The molecule has 2 unspecified atom stereocenters. The van der Waals surface area contributed by atoms with E-state index in [2.05, 4.69) is 0 Å². The molecule has 1 aromatic carbocycles. The number of sulfone groups is 1. The van der Waals surface area contributed by atoms with Crippen molar-refractivity contribution in [2.45, 2.75) is 43.8 Å². The largest absolute Gasteiger partial charge is 0.481 e. The van der Waals surface area contributed by atoms with Gasteiger partial charge in [-0.3, -0.25) is 4.79 Å². The van der Waals surface area contributed by atoms with Crippen molar-refractivity contribution in [3.8, 4) is 0 Å². The van der Waals surface area contributed by atoms with Crippen molar-refractivity contribution < 1.29 is 18.3 Å². The Bertz CT molecular complexity index is 565. The number of rotatable bonds is 6. The number of aryl methyl sites for hydroxylation is 1. The number of benzene rings is 1. The van der Waals surface area contributed by atoms with Gasteiger partial charge in [0.15, 0.2) is 9.84 Å². The van der Waals surface area contributed by atoms with E-state index in [1.54, 1.807) is 0 Å². The smallest absolute Gasteiger partial charge is 0.307 e. The van der Waals surface area contributed by atoms with Crippen LogP contribution in [0.1, 0.15) is 37.7 Å². The average molecular weight is 310 g/mol. The van der Waals surface area contributed by atoms with Gasteiger partial charge in [-0.05, 0) is 31.2 Å². The molecule has 0 radical (unpaired) electrons. The van der Waals surface area contributed by atoms with Gasteiger partial charge in [0.25, 0.3) is 0 Å². The Kier molecular flexibility index (Phi) is 5.39. The van der Waals surface area contributed by atoms with Crippen LogP contribution in [0, 0.1) is 5.92 Å². The molecule has 0 spiro atoms. The summed E-state index contributed by atoms with van der Waals surface area (Å²) in [6, 6.07) is 9.76. The first-order valence-corrected chi connectivity index (χ1v) is 9.20. The Morgan fingerprint density at radius 3 is 2.48 bits per heavy atom. The van der Waals surface area contributed by atoms with E-state index in [1.165, 1.54) is 0 Å². The zero-order valence-corrected chi connectivity index (χ0v) is 12.9. The van der Waals surface area contributed by atoms with Crippen molar-refractivity contribution in [1.29, 1.82) is 0 Å². The first-order chi connectivity index (χ1) is 10.0. The minimum absolute atomic E-state index is 0.0797. The Labute approximate surface area is 126 Å². The molecule has 1 aliphatic carbocycles. The summed E-state index contributed by atoms with van der Waals surface area (Å²) in [7, 11) is -3.33. The molecule has 2 atom stereocenters. The molecule has 1 aromatic rings. The van der Waals surface area contributed by atoms with Crippen LogP contribution in [0.2, 0.25) is 0 Å². The number of carboxylic acids is 1. The summed E-state index contributed by atoms with van der Waals surface area (Å²) in [6.07, 6.45) is 3.86. The van der Waals surface area contributed by atoms with E-state index in [9.17, 15) is 18.3 Å². The second kappa shape index (κ2) is 7.07. The maximum absolute atomic E-state index is 12.4. The van der Waals surface area contributed by atoms with Crippen molar-refractivity contribution in [2.24, 2.45) is 5.92 Å². The third-order valence-corrected chi connectivity index (χ3v) is 6.56. The van der Waals surface area contributed by atoms with Crippen molar-refractivity contribution in [2.75, 3.05) is 5.75 Å². The SMILES string of the molecule is O=C(O)C1CCCCC1S(=O)(=O)CCCc1ccccc1. The van der Waals surface area contributed by atoms with Gasteiger partial charge in [0, 0.05) is 0 Å². The summed E-state index contributed by atoms with van der Waals surface area (Å²) < 4.78 is 24.9. The molecule has 0 saturated heterocycles. The van der Waals surface area contributed by atoms with Gasteiger partial charge in [0.2, 0.25) is 0 Å². The highest BCUT2D eigenvalue weighted by molar-refractivity contribution is 7.92. The molecule has 5 heteroatoms. The highest BCUT2D eigenvalue weighted by Crippen LogP contribution is 2.30. The van der Waals surface area contributed by atoms with E-state index >= 15 is 0 Å². The molecule has 1 fully saturated rings. The standard InChI is InChI=1S/C16H22O4S/c17-16(18)14-10-4-5-11-15(14)21(19,20)12-6-9-13-7-2-1-3-8-13/h1-3,7-8,14-15H,4-6,9-12H2,(H,17,18). The van der Waals surface area contributed by atoms with Crippen LogP contribution >= 0.6 is 0 Å². The van der Waals surface area contributed by atoms with E-state index in [0.29, 0.717) is 25.7 Å². The fourth-order valence-corrected chi connectivity index (χ4v) is 5.21. The molecule has 1 saturated carbocycles. The predicted octanol–water partition coefficient (Wildman–Crippen LogP) is 2.68. The molecular formula is C16H22O4S. The van der Waals surface area contributed by atoms with Crippen LogP contribution in [-0.4, -0.2) is 30.5 Å². The van der Waals surface area contributed by atoms with Crippen molar-refractivity contribution in [1.82, 2.24) is 0 Å². The summed E-state index contributed by atoms with van der Waals surface area (Å²) >= 11 is 0. The van der Waals surface area contributed by atoms with Gasteiger partial charge >= 0.3 is 5.97 Å². The highest BCUT2D eigenvalue weighted by atomic mass is 32.2. The highest BCUT2D eigenvalue weighted by Gasteiger charge is 2.39. The normalized spacial score (nSPS) is 22.9. The van der Waals surface area contributed by atoms with E-state index in [1.807, 2.05) is 30.3 Å². The fraction of sp³-hybridized carbons (Fsp3) is 0.562. The molecule has 0 aromatic heterocycles. The number of carboxylic acid groups (broad SMARTS) is 1. The lowest BCUT2D eigenvalue weighted by molar-refractivity contribution is -0.142. The van der Waals surface area contributed by atoms with E-state index < -0.39 is 27.0 Å². The van der Waals surface area contributed by atoms with Gasteiger partial charge in [-0.15, -0.1) is 0 Å². The molecule has 1 aliphatic rings. The molecule has 0 aliphatic heterocycles. The van der Waals surface area contributed by atoms with Gasteiger partial charge in [-0.2, -0.15) is 0 Å². The molecule has 116 valence electrons. The number of hydrogen-bond donors (Lipinski definition) is 1. The monoisotopic (exact) mass is 310 g/mol. The quantitative estimate of drug-likeness (QED) is 0.877. The predicted molar refractivity (Wildman–Crippen MR) is 81.9 cm³/mol. The Balaban J connectivity index is 1.95. The molecule has 0 heterocycles. The summed E-state index contributed by atoms with van der Waals surface area (Å²) in [5.74, 6) is -1.61. The van der Waals surface area contributed by atoms with Gasteiger partial charge in [-0.25, -0.2) is 8.42 Å². The van der Waals surface area contributed by atoms with Crippen molar-refractivity contribution in [3.63, 3.8) is 0 Å². The van der Waals surface area contributed by atoms with Crippen LogP contribution in [0.4, 0.5) is 0 Å². The first-order valence-electron chi connectivity index (χ1n) is 7.49. The zero-order chi connectivity index (χ0) is 15.3. The second-order valence-electron chi connectivity index (χ2n) is 5.72. The molecule has 2 rings (SSSR count). The van der Waals surface area contributed by atoms with Crippen molar-refractivity contribution in [3.05, 3.63) is 35.9 Å². The number of aliphatic carboxylic acids is 1. The minimum atomic E-state index is -3.33. The number of carbonyl (C=O) groups is 1. The minimum Gasteiger partial charge on any atom is -0.481 e. The van der Waals surface area contributed by atoms with Gasteiger partial charge in [0.1, 0.15) is 0 Å². The Morgan fingerprint density at radius 2 is 1.81 bits per heavy atom. The lowest BCUT2D eigenvalue weighted by atomic mass is 9.89. The molecule has 0 amide bonds. The van der Waals surface area contributed by atoms with Gasteiger partial charge < -0.3 is 5.11 Å². The third-order valence-electron chi connectivity index (χ3n) is 4.22. The summed E-state index contributed by atoms with van der Waals surface area (Å²) in [5, 5.41) is 8.52. The lowest BCUT2D eigenvalue weighted by Crippen LogP contribution is -2.38. The maximum atomic E-state index is 12.4. The van der Waals surface area contributed by atoms with Crippen LogP contribution < -0.4 is 0 Å². The average Bonchev–Trinajstić information content (AvgIpc) is 2.48. The van der Waals surface area contributed by atoms with Crippen molar-refractivity contribution >= 4 is 15.8 Å². The third kappa shape index (κ3) is 4.30. The maximum Gasteiger partial charge on any atom is 0.307 e. The molecule has 4 nitrogen and oxygen atoms in total. The molecule has 21 heavy (non-hydrogen) atoms. The van der Waals surface area contributed by atoms with Crippen LogP contribution in [0.25, 0.3) is 0 Å². The van der Waals surface area contributed by atoms with E-state index in [0.717, 1.165) is 18.4 Å².